The Hall–Kier alpha value is 0.200. The van der Waals surface area contributed by atoms with Gasteiger partial charge in [0.2, 0.25) is 10.0 Å². The number of hydrogen-bond donors (Lipinski definition) is 1. The summed E-state index contributed by atoms with van der Waals surface area (Å²) in [5.74, 6) is 0.455. The van der Waals surface area contributed by atoms with Gasteiger partial charge in [-0.1, -0.05) is 6.92 Å². The molecule has 0 saturated carbocycles. The second-order valence-electron chi connectivity index (χ2n) is 5.07. The van der Waals surface area contributed by atoms with Gasteiger partial charge in [-0.2, -0.15) is 0 Å². The summed E-state index contributed by atoms with van der Waals surface area (Å²) in [5, 5.41) is 0. The summed E-state index contributed by atoms with van der Waals surface area (Å²) < 4.78 is 25.9. The normalized spacial score (nSPS) is 17.5. The van der Waals surface area contributed by atoms with Crippen LogP contribution in [0.1, 0.15) is 47.5 Å². The van der Waals surface area contributed by atoms with Crippen molar-refractivity contribution in [1.82, 2.24) is 4.72 Å². The van der Waals surface area contributed by atoms with Gasteiger partial charge in [-0.3, -0.25) is 0 Å². The van der Waals surface area contributed by atoms with E-state index in [4.69, 9.17) is 11.6 Å². The summed E-state index contributed by atoms with van der Waals surface area (Å²) in [4.78, 5) is 0. The largest absolute Gasteiger partial charge is 0.217 e. The molecular weight excluding hydrogens is 234 g/mol. The molecule has 0 aliphatic heterocycles. The third-order valence-electron chi connectivity index (χ3n) is 2.61. The molecule has 0 aromatic rings. The minimum absolute atomic E-state index is 0.437. The Morgan fingerprint density at radius 2 is 1.67 bits per heavy atom. The number of halogens is 1. The van der Waals surface area contributed by atoms with Gasteiger partial charge in [-0.25, -0.2) is 13.1 Å². The molecule has 92 valence electrons. The first-order chi connectivity index (χ1) is 6.58. The van der Waals surface area contributed by atoms with Crippen LogP contribution in [-0.4, -0.2) is 24.6 Å². The van der Waals surface area contributed by atoms with E-state index in [1.54, 1.807) is 20.8 Å². The molecule has 15 heavy (non-hydrogen) atoms. The van der Waals surface area contributed by atoms with Crippen LogP contribution in [0.15, 0.2) is 0 Å². The van der Waals surface area contributed by atoms with Gasteiger partial charge in [0.1, 0.15) is 0 Å². The van der Waals surface area contributed by atoms with Crippen LogP contribution >= 0.6 is 11.6 Å². The smallest absolute Gasteiger partial charge is 0.212 e. The van der Waals surface area contributed by atoms with Gasteiger partial charge in [-0.05, 0) is 40.5 Å². The molecule has 0 saturated heterocycles. The molecule has 0 heterocycles. The van der Waals surface area contributed by atoms with Gasteiger partial charge in [0.25, 0.3) is 0 Å². The molecule has 0 bridgehead atoms. The number of sulfonamides is 1. The molecule has 0 spiro atoms. The summed E-state index contributed by atoms with van der Waals surface area (Å²) in [7, 11) is -3.30. The lowest BCUT2D eigenvalue weighted by molar-refractivity contribution is 0.384. The van der Waals surface area contributed by atoms with Crippen LogP contribution in [0.25, 0.3) is 0 Å². The van der Waals surface area contributed by atoms with Crippen molar-refractivity contribution < 1.29 is 8.42 Å². The highest BCUT2D eigenvalue weighted by Gasteiger charge is 2.35. The summed E-state index contributed by atoms with van der Waals surface area (Å²) >= 11 is 5.67. The first-order valence-electron chi connectivity index (χ1n) is 5.17. The van der Waals surface area contributed by atoms with Gasteiger partial charge in [0.15, 0.2) is 0 Å². The van der Waals surface area contributed by atoms with Crippen molar-refractivity contribution in [3.8, 4) is 0 Å². The summed E-state index contributed by atoms with van der Waals surface area (Å²) in [6.45, 7) is 8.90. The van der Waals surface area contributed by atoms with E-state index in [2.05, 4.69) is 4.72 Å². The third kappa shape index (κ3) is 4.29. The highest BCUT2D eigenvalue weighted by atomic mass is 35.5. The molecule has 0 fully saturated rings. The number of hydrogen-bond acceptors (Lipinski definition) is 2. The van der Waals surface area contributed by atoms with Crippen LogP contribution in [0.5, 0.6) is 0 Å². The SMILES string of the molecule is CCC(C)(CCCl)NS(=O)(=O)C(C)(C)C. The van der Waals surface area contributed by atoms with E-state index in [-0.39, 0.29) is 0 Å². The highest BCUT2D eigenvalue weighted by molar-refractivity contribution is 7.90. The van der Waals surface area contributed by atoms with Crippen LogP contribution in [0.4, 0.5) is 0 Å². The van der Waals surface area contributed by atoms with E-state index < -0.39 is 20.3 Å². The van der Waals surface area contributed by atoms with Crippen molar-refractivity contribution in [2.24, 2.45) is 0 Å². The lowest BCUT2D eigenvalue weighted by Gasteiger charge is -2.32. The summed E-state index contributed by atoms with van der Waals surface area (Å²) in [6.07, 6.45) is 1.37. The van der Waals surface area contributed by atoms with E-state index in [1.165, 1.54) is 0 Å². The molecule has 1 atom stereocenters. The average Bonchev–Trinajstić information content (AvgIpc) is 2.01. The third-order valence-corrected chi connectivity index (χ3v) is 5.18. The van der Waals surface area contributed by atoms with Gasteiger partial charge in [-0.15, -0.1) is 11.6 Å². The maximum atomic E-state index is 11.9. The van der Waals surface area contributed by atoms with E-state index in [0.29, 0.717) is 12.3 Å². The zero-order valence-electron chi connectivity index (χ0n) is 10.2. The molecule has 0 aromatic carbocycles. The molecule has 3 nitrogen and oxygen atoms in total. The molecular formula is C10H22ClNO2S. The fourth-order valence-electron chi connectivity index (χ4n) is 0.986. The Labute approximate surface area is 98.6 Å². The van der Waals surface area contributed by atoms with Gasteiger partial charge in [0.05, 0.1) is 4.75 Å². The Morgan fingerprint density at radius 1 is 1.20 bits per heavy atom. The maximum Gasteiger partial charge on any atom is 0.217 e. The molecule has 0 radical (unpaired) electrons. The quantitative estimate of drug-likeness (QED) is 0.768. The second-order valence-corrected chi connectivity index (χ2v) is 7.88. The summed E-state index contributed by atoms with van der Waals surface area (Å²) in [5.41, 5.74) is -0.437. The Kier molecular flexibility index (Phi) is 5.09. The van der Waals surface area contributed by atoms with Crippen molar-refractivity contribution in [3.63, 3.8) is 0 Å². The second kappa shape index (κ2) is 5.02. The monoisotopic (exact) mass is 255 g/mol. The number of rotatable bonds is 5. The molecule has 0 aliphatic carbocycles. The number of alkyl halides is 1. The highest BCUT2D eigenvalue weighted by Crippen LogP contribution is 2.21. The molecule has 0 aromatic heterocycles. The molecule has 1 N–H and O–H groups in total. The summed E-state index contributed by atoms with van der Waals surface area (Å²) in [6, 6.07) is 0. The van der Waals surface area contributed by atoms with E-state index >= 15 is 0 Å². The molecule has 1 unspecified atom stereocenters. The van der Waals surface area contributed by atoms with Crippen LogP contribution in [0, 0.1) is 0 Å². The minimum atomic E-state index is -3.30. The van der Waals surface area contributed by atoms with Crippen molar-refractivity contribution in [3.05, 3.63) is 0 Å². The molecule has 0 amide bonds. The molecule has 0 aliphatic rings. The van der Waals surface area contributed by atoms with Gasteiger partial charge in [0, 0.05) is 11.4 Å². The molecule has 0 rings (SSSR count). The van der Waals surface area contributed by atoms with Crippen molar-refractivity contribution >= 4 is 21.6 Å². The van der Waals surface area contributed by atoms with Crippen molar-refractivity contribution in [2.45, 2.75) is 57.7 Å². The molecule has 5 heteroatoms. The van der Waals surface area contributed by atoms with Gasteiger partial charge < -0.3 is 0 Å². The Balaban J connectivity index is 4.85. The maximum absolute atomic E-state index is 11.9. The number of nitrogens with one attached hydrogen (secondary N) is 1. The van der Waals surface area contributed by atoms with Crippen LogP contribution in [0.2, 0.25) is 0 Å². The minimum Gasteiger partial charge on any atom is -0.212 e. The van der Waals surface area contributed by atoms with E-state index in [1.807, 2.05) is 13.8 Å². The first-order valence-corrected chi connectivity index (χ1v) is 7.19. The Bertz CT molecular complexity index is 295. The van der Waals surface area contributed by atoms with E-state index in [9.17, 15) is 8.42 Å². The van der Waals surface area contributed by atoms with Crippen LogP contribution in [-0.2, 0) is 10.0 Å². The topological polar surface area (TPSA) is 46.2 Å². The van der Waals surface area contributed by atoms with Crippen molar-refractivity contribution in [2.75, 3.05) is 5.88 Å². The lowest BCUT2D eigenvalue weighted by atomic mass is 9.97. The van der Waals surface area contributed by atoms with Crippen LogP contribution in [0.3, 0.4) is 0 Å². The standard InChI is InChI=1S/C10H22ClNO2S/c1-6-10(5,7-8-11)12-15(13,14)9(2,3)4/h12H,6-8H2,1-5H3. The lowest BCUT2D eigenvalue weighted by Crippen LogP contribution is -2.51. The first kappa shape index (κ1) is 15.2. The fourth-order valence-corrected chi connectivity index (χ4v) is 2.60. The van der Waals surface area contributed by atoms with Crippen LogP contribution < -0.4 is 4.72 Å². The van der Waals surface area contributed by atoms with E-state index in [0.717, 1.165) is 6.42 Å². The predicted octanol–water partition coefficient (Wildman–Crippen LogP) is 2.50. The van der Waals surface area contributed by atoms with Crippen molar-refractivity contribution in [1.29, 1.82) is 0 Å². The Morgan fingerprint density at radius 3 is 1.93 bits per heavy atom. The zero-order chi connectivity index (χ0) is 12.3. The fraction of sp³-hybridized carbons (Fsp3) is 1.00. The van der Waals surface area contributed by atoms with Gasteiger partial charge >= 0.3 is 0 Å². The average molecular weight is 256 g/mol. The zero-order valence-corrected chi connectivity index (χ0v) is 11.8. The predicted molar refractivity (Wildman–Crippen MR) is 65.8 cm³/mol.